The smallest absolute Gasteiger partial charge is 0.296 e. The molecule has 0 spiro atoms. The van der Waals surface area contributed by atoms with Crippen molar-refractivity contribution in [1.29, 1.82) is 0 Å². The molecular formula is C23H19N3O3. The molecule has 3 heterocycles. The molecular weight excluding hydrogens is 366 g/mol. The number of hydrogen-bond acceptors (Lipinski definition) is 5. The first-order valence-electron chi connectivity index (χ1n) is 9.21. The van der Waals surface area contributed by atoms with Crippen LogP contribution in [0.25, 0.3) is 5.76 Å². The number of nitrogens with zero attached hydrogens (tertiary/aromatic N) is 3. The molecule has 0 radical (unpaired) electrons. The van der Waals surface area contributed by atoms with Gasteiger partial charge in [-0.15, -0.1) is 0 Å². The Bertz CT molecular complexity index is 1080. The van der Waals surface area contributed by atoms with Crippen LogP contribution in [0.15, 0.2) is 78.8 Å². The molecule has 1 aromatic carbocycles. The number of likely N-dealkylation sites (tertiary alicyclic amines) is 1. The summed E-state index contributed by atoms with van der Waals surface area (Å²) >= 11 is 0. The van der Waals surface area contributed by atoms with Crippen LogP contribution in [-0.2, 0) is 16.1 Å². The second-order valence-electron chi connectivity index (χ2n) is 6.91. The Hall–Kier alpha value is -3.80. The normalized spacial score (nSPS) is 18.2. The zero-order valence-electron chi connectivity index (χ0n) is 15.8. The van der Waals surface area contributed by atoms with Crippen LogP contribution in [0.2, 0.25) is 0 Å². The molecule has 0 saturated carbocycles. The van der Waals surface area contributed by atoms with Gasteiger partial charge >= 0.3 is 0 Å². The van der Waals surface area contributed by atoms with Crippen LogP contribution in [-0.4, -0.2) is 31.7 Å². The van der Waals surface area contributed by atoms with Crippen molar-refractivity contribution in [2.24, 2.45) is 0 Å². The highest BCUT2D eigenvalue weighted by atomic mass is 16.3. The van der Waals surface area contributed by atoms with Gasteiger partial charge in [0.25, 0.3) is 11.7 Å². The third-order valence-electron chi connectivity index (χ3n) is 4.91. The summed E-state index contributed by atoms with van der Waals surface area (Å²) in [6.07, 6.45) is 4.89. The lowest BCUT2D eigenvalue weighted by atomic mass is 9.98. The highest BCUT2D eigenvalue weighted by Gasteiger charge is 2.46. The van der Waals surface area contributed by atoms with E-state index in [1.165, 1.54) is 4.90 Å². The second kappa shape index (κ2) is 7.67. The van der Waals surface area contributed by atoms with Crippen molar-refractivity contribution in [3.05, 3.63) is 101 Å². The van der Waals surface area contributed by atoms with Gasteiger partial charge in [-0.05, 0) is 30.7 Å². The van der Waals surface area contributed by atoms with Crippen LogP contribution in [0.3, 0.4) is 0 Å². The second-order valence-corrected chi connectivity index (χ2v) is 6.91. The van der Waals surface area contributed by atoms with Gasteiger partial charge in [-0.2, -0.15) is 0 Å². The lowest BCUT2D eigenvalue weighted by molar-refractivity contribution is -0.140. The molecule has 0 aliphatic carbocycles. The van der Waals surface area contributed by atoms with Crippen molar-refractivity contribution >= 4 is 17.4 Å². The van der Waals surface area contributed by atoms with Crippen molar-refractivity contribution in [2.45, 2.75) is 19.5 Å². The first kappa shape index (κ1) is 18.6. The fraction of sp³-hybridized carbons (Fsp3) is 0.130. The van der Waals surface area contributed by atoms with Crippen LogP contribution in [0.1, 0.15) is 28.4 Å². The summed E-state index contributed by atoms with van der Waals surface area (Å²) in [5.74, 6) is -1.59. The third kappa shape index (κ3) is 3.52. The zero-order chi connectivity index (χ0) is 20.4. The average molecular weight is 385 g/mol. The SMILES string of the molecule is Cc1ccc(/C(O)=C2\C(=O)C(=O)N(Cc3cccnc3)[C@@H]2c2ccccn2)cc1. The van der Waals surface area contributed by atoms with E-state index in [9.17, 15) is 14.7 Å². The third-order valence-corrected chi connectivity index (χ3v) is 4.91. The van der Waals surface area contributed by atoms with E-state index in [1.54, 1.807) is 55.0 Å². The van der Waals surface area contributed by atoms with Crippen LogP contribution < -0.4 is 0 Å². The summed E-state index contributed by atoms with van der Waals surface area (Å²) in [4.78, 5) is 35.7. The van der Waals surface area contributed by atoms with Gasteiger partial charge in [0.2, 0.25) is 0 Å². The number of Topliss-reactive ketones (excluding diaryl/α,β-unsaturated/α-hetero) is 1. The maximum absolute atomic E-state index is 12.9. The Morgan fingerprint density at radius 1 is 1.03 bits per heavy atom. The molecule has 1 fully saturated rings. The zero-order valence-corrected chi connectivity index (χ0v) is 15.8. The molecule has 2 aromatic heterocycles. The largest absolute Gasteiger partial charge is 0.507 e. The predicted octanol–water partition coefficient (Wildman–Crippen LogP) is 3.41. The number of hydrogen-bond donors (Lipinski definition) is 1. The molecule has 1 aliphatic rings. The minimum atomic E-state index is -0.780. The fourth-order valence-electron chi connectivity index (χ4n) is 3.44. The van der Waals surface area contributed by atoms with Gasteiger partial charge in [-0.1, -0.05) is 42.0 Å². The van der Waals surface area contributed by atoms with Gasteiger partial charge in [0.15, 0.2) is 0 Å². The summed E-state index contributed by atoms with van der Waals surface area (Å²) in [5.41, 5.74) is 2.85. The van der Waals surface area contributed by atoms with Crippen molar-refractivity contribution in [1.82, 2.24) is 14.9 Å². The quantitative estimate of drug-likeness (QED) is 0.423. The van der Waals surface area contributed by atoms with Gasteiger partial charge in [-0.25, -0.2) is 0 Å². The van der Waals surface area contributed by atoms with Crippen LogP contribution in [0, 0.1) is 6.92 Å². The van der Waals surface area contributed by atoms with E-state index in [-0.39, 0.29) is 17.9 Å². The van der Waals surface area contributed by atoms with E-state index in [1.807, 2.05) is 25.1 Å². The first-order valence-corrected chi connectivity index (χ1v) is 9.21. The number of carbonyl (C=O) groups is 2. The minimum absolute atomic E-state index is 0.0430. The topological polar surface area (TPSA) is 83.4 Å². The van der Waals surface area contributed by atoms with Crippen molar-refractivity contribution in [3.8, 4) is 0 Å². The number of carbonyl (C=O) groups excluding carboxylic acids is 2. The number of benzene rings is 1. The molecule has 6 heteroatoms. The molecule has 1 N–H and O–H groups in total. The molecule has 1 saturated heterocycles. The van der Waals surface area contributed by atoms with E-state index in [2.05, 4.69) is 9.97 Å². The molecule has 0 bridgehead atoms. The summed E-state index contributed by atoms with van der Waals surface area (Å²) in [5, 5.41) is 11.0. The Balaban J connectivity index is 1.85. The summed E-state index contributed by atoms with van der Waals surface area (Å²) in [7, 11) is 0. The minimum Gasteiger partial charge on any atom is -0.507 e. The van der Waals surface area contributed by atoms with E-state index in [4.69, 9.17) is 0 Å². The van der Waals surface area contributed by atoms with Crippen LogP contribution in [0.5, 0.6) is 0 Å². The maximum atomic E-state index is 12.9. The molecule has 29 heavy (non-hydrogen) atoms. The van der Waals surface area contributed by atoms with Crippen molar-refractivity contribution < 1.29 is 14.7 Å². The molecule has 1 amide bonds. The number of aromatic nitrogens is 2. The predicted molar refractivity (Wildman–Crippen MR) is 107 cm³/mol. The van der Waals surface area contributed by atoms with Crippen molar-refractivity contribution in [3.63, 3.8) is 0 Å². The number of aliphatic hydroxyl groups excluding tert-OH is 1. The Morgan fingerprint density at radius 2 is 1.83 bits per heavy atom. The average Bonchev–Trinajstić information content (AvgIpc) is 3.00. The van der Waals surface area contributed by atoms with Crippen LogP contribution >= 0.6 is 0 Å². The maximum Gasteiger partial charge on any atom is 0.296 e. The molecule has 4 rings (SSSR count). The molecule has 1 aliphatic heterocycles. The number of rotatable bonds is 4. The Kier molecular flexibility index (Phi) is 4.91. The number of ketones is 1. The molecule has 0 unspecified atom stereocenters. The van der Waals surface area contributed by atoms with Gasteiger partial charge < -0.3 is 10.0 Å². The monoisotopic (exact) mass is 385 g/mol. The number of pyridine rings is 2. The van der Waals surface area contributed by atoms with E-state index in [0.29, 0.717) is 11.3 Å². The van der Waals surface area contributed by atoms with Gasteiger partial charge in [0, 0.05) is 30.7 Å². The molecule has 144 valence electrons. The van der Waals surface area contributed by atoms with Crippen LogP contribution in [0.4, 0.5) is 0 Å². The summed E-state index contributed by atoms with van der Waals surface area (Å²) < 4.78 is 0. The van der Waals surface area contributed by atoms with E-state index >= 15 is 0 Å². The Labute approximate surface area is 168 Å². The lowest BCUT2D eigenvalue weighted by Crippen LogP contribution is -2.29. The number of aliphatic hydroxyl groups is 1. The summed E-state index contributed by atoms with van der Waals surface area (Å²) in [6, 6.07) is 15.3. The van der Waals surface area contributed by atoms with Gasteiger partial charge in [0.05, 0.1) is 11.3 Å². The van der Waals surface area contributed by atoms with Crippen molar-refractivity contribution in [2.75, 3.05) is 0 Å². The standard InChI is InChI=1S/C23H19N3O3/c1-15-7-9-17(10-8-15)21(27)19-20(18-6-2-3-12-25-18)26(23(29)22(19)28)14-16-5-4-11-24-13-16/h2-13,20,27H,14H2,1H3/b21-19+/t20-/m1/s1. The van der Waals surface area contributed by atoms with E-state index < -0.39 is 17.7 Å². The summed E-state index contributed by atoms with van der Waals surface area (Å²) in [6.45, 7) is 2.12. The number of amides is 1. The van der Waals surface area contributed by atoms with Gasteiger partial charge in [-0.3, -0.25) is 19.6 Å². The first-order chi connectivity index (χ1) is 14.1. The molecule has 1 atom stereocenters. The highest BCUT2D eigenvalue weighted by Crippen LogP contribution is 2.39. The molecule has 6 nitrogen and oxygen atoms in total. The highest BCUT2D eigenvalue weighted by molar-refractivity contribution is 6.46. The number of aryl methyl sites for hydroxylation is 1. The van der Waals surface area contributed by atoms with E-state index in [0.717, 1.165) is 11.1 Å². The van der Waals surface area contributed by atoms with Gasteiger partial charge in [0.1, 0.15) is 11.8 Å². The lowest BCUT2D eigenvalue weighted by Gasteiger charge is -2.24. The molecule has 3 aromatic rings. The fourth-order valence-corrected chi connectivity index (χ4v) is 3.44. The Morgan fingerprint density at radius 3 is 2.48 bits per heavy atom.